The first-order chi connectivity index (χ1) is 12.7. The summed E-state index contributed by atoms with van der Waals surface area (Å²) >= 11 is 0. The first-order valence-electron chi connectivity index (χ1n) is 8.86. The van der Waals surface area contributed by atoms with E-state index in [1.165, 1.54) is 0 Å². The molecule has 3 rings (SSSR count). The van der Waals surface area contributed by atoms with Crippen LogP contribution in [0.1, 0.15) is 18.1 Å². The zero-order chi connectivity index (χ0) is 18.4. The van der Waals surface area contributed by atoms with Gasteiger partial charge in [-0.25, -0.2) is 0 Å². The van der Waals surface area contributed by atoms with Crippen LogP contribution in [0.15, 0.2) is 60.7 Å². The van der Waals surface area contributed by atoms with Crippen LogP contribution >= 0.6 is 0 Å². The summed E-state index contributed by atoms with van der Waals surface area (Å²) < 4.78 is 10.6. The fourth-order valence-electron chi connectivity index (χ4n) is 2.94. The topological polar surface area (TPSA) is 55.6 Å². The highest BCUT2D eigenvalue weighted by molar-refractivity contribution is 5.83. The smallest absolute Gasteiger partial charge is 0.325 e. The second kappa shape index (κ2) is 8.63. The lowest BCUT2D eigenvalue weighted by Gasteiger charge is -2.17. The SMILES string of the molecule is CCOC(=O)[C@@H](Cc1ccccc1)N1C[C@H]1C(=O)OCc1ccccc1. The van der Waals surface area contributed by atoms with Gasteiger partial charge in [-0.2, -0.15) is 0 Å². The van der Waals surface area contributed by atoms with Crippen LogP contribution in [0.3, 0.4) is 0 Å². The molecule has 1 saturated heterocycles. The molecule has 1 unspecified atom stereocenters. The Morgan fingerprint density at radius 3 is 2.23 bits per heavy atom. The zero-order valence-electron chi connectivity index (χ0n) is 14.8. The molecule has 5 nitrogen and oxygen atoms in total. The molecule has 0 aliphatic carbocycles. The third-order valence-corrected chi connectivity index (χ3v) is 4.38. The van der Waals surface area contributed by atoms with Crippen LogP contribution in [0.5, 0.6) is 0 Å². The summed E-state index contributed by atoms with van der Waals surface area (Å²) in [4.78, 5) is 26.5. The summed E-state index contributed by atoms with van der Waals surface area (Å²) in [6, 6.07) is 18.5. The van der Waals surface area contributed by atoms with Crippen LogP contribution < -0.4 is 0 Å². The van der Waals surface area contributed by atoms with E-state index in [0.717, 1.165) is 11.1 Å². The minimum atomic E-state index is -0.466. The minimum absolute atomic E-state index is 0.243. The number of esters is 2. The molecule has 1 aliphatic rings. The maximum atomic E-state index is 12.4. The summed E-state index contributed by atoms with van der Waals surface area (Å²) in [5.41, 5.74) is 1.98. The van der Waals surface area contributed by atoms with Crippen molar-refractivity contribution in [2.45, 2.75) is 32.0 Å². The van der Waals surface area contributed by atoms with Gasteiger partial charge in [0, 0.05) is 6.54 Å². The molecule has 26 heavy (non-hydrogen) atoms. The third kappa shape index (κ3) is 4.70. The molecule has 0 N–H and O–H groups in total. The van der Waals surface area contributed by atoms with E-state index < -0.39 is 6.04 Å². The van der Waals surface area contributed by atoms with Crippen molar-refractivity contribution in [1.82, 2.24) is 4.90 Å². The Labute approximate surface area is 153 Å². The number of ether oxygens (including phenoxy) is 2. The Hall–Kier alpha value is -2.66. The van der Waals surface area contributed by atoms with Crippen LogP contribution in [0.4, 0.5) is 0 Å². The van der Waals surface area contributed by atoms with E-state index >= 15 is 0 Å². The van der Waals surface area contributed by atoms with Crippen molar-refractivity contribution in [2.24, 2.45) is 0 Å². The molecule has 2 aromatic carbocycles. The highest BCUT2D eigenvalue weighted by Crippen LogP contribution is 2.26. The Kier molecular flexibility index (Phi) is 6.02. The predicted molar refractivity (Wildman–Crippen MR) is 97.3 cm³/mol. The van der Waals surface area contributed by atoms with Gasteiger partial charge in [0.15, 0.2) is 0 Å². The predicted octanol–water partition coefficient (Wildman–Crippen LogP) is 2.59. The molecule has 0 amide bonds. The first kappa shape index (κ1) is 18.1. The van der Waals surface area contributed by atoms with E-state index in [1.54, 1.807) is 6.92 Å². The van der Waals surface area contributed by atoms with Gasteiger partial charge in [-0.15, -0.1) is 0 Å². The molecule has 3 atom stereocenters. The fraction of sp³-hybridized carbons (Fsp3) is 0.333. The number of nitrogens with zero attached hydrogens (tertiary/aromatic N) is 1. The molecule has 1 fully saturated rings. The number of benzene rings is 2. The van der Waals surface area contributed by atoms with E-state index in [1.807, 2.05) is 65.6 Å². The zero-order valence-corrected chi connectivity index (χ0v) is 14.8. The van der Waals surface area contributed by atoms with Crippen molar-refractivity contribution < 1.29 is 19.1 Å². The Morgan fingerprint density at radius 1 is 1.00 bits per heavy atom. The van der Waals surface area contributed by atoms with Gasteiger partial charge >= 0.3 is 11.9 Å². The molecule has 0 bridgehead atoms. The molecule has 136 valence electrons. The van der Waals surface area contributed by atoms with Crippen molar-refractivity contribution in [2.75, 3.05) is 13.2 Å². The summed E-state index contributed by atoms with van der Waals surface area (Å²) in [7, 11) is 0. The molecule has 1 aliphatic heterocycles. The van der Waals surface area contributed by atoms with Crippen LogP contribution in [0.2, 0.25) is 0 Å². The molecule has 2 aromatic rings. The third-order valence-electron chi connectivity index (χ3n) is 4.38. The summed E-state index contributed by atoms with van der Waals surface area (Å²) in [6.07, 6.45) is 0.516. The maximum Gasteiger partial charge on any atom is 0.325 e. The van der Waals surface area contributed by atoms with Crippen molar-refractivity contribution in [3.63, 3.8) is 0 Å². The highest BCUT2D eigenvalue weighted by Gasteiger charge is 2.49. The number of rotatable bonds is 8. The number of hydrogen-bond acceptors (Lipinski definition) is 5. The molecule has 1 heterocycles. The van der Waals surface area contributed by atoms with Crippen LogP contribution in [-0.2, 0) is 32.1 Å². The van der Waals surface area contributed by atoms with Gasteiger partial charge in [-0.05, 0) is 24.5 Å². The lowest BCUT2D eigenvalue weighted by molar-refractivity contribution is -0.149. The number of hydrogen-bond donors (Lipinski definition) is 0. The monoisotopic (exact) mass is 353 g/mol. The molecule has 0 radical (unpaired) electrons. The van der Waals surface area contributed by atoms with Crippen molar-refractivity contribution in [1.29, 1.82) is 0 Å². The molecule has 0 saturated carbocycles. The summed E-state index contributed by atoms with van der Waals surface area (Å²) in [5.74, 6) is -0.592. The van der Waals surface area contributed by atoms with E-state index in [9.17, 15) is 9.59 Å². The molecular weight excluding hydrogens is 330 g/mol. The van der Waals surface area contributed by atoms with E-state index in [0.29, 0.717) is 19.6 Å². The van der Waals surface area contributed by atoms with Gasteiger partial charge in [0.05, 0.1) is 6.61 Å². The van der Waals surface area contributed by atoms with E-state index in [4.69, 9.17) is 9.47 Å². The summed E-state index contributed by atoms with van der Waals surface area (Å²) in [6.45, 7) is 2.86. The van der Waals surface area contributed by atoms with E-state index in [-0.39, 0.29) is 24.6 Å². The fourth-order valence-corrected chi connectivity index (χ4v) is 2.94. The van der Waals surface area contributed by atoms with E-state index in [2.05, 4.69) is 0 Å². The van der Waals surface area contributed by atoms with Gasteiger partial charge in [0.2, 0.25) is 0 Å². The molecule has 0 aromatic heterocycles. The van der Waals surface area contributed by atoms with Crippen LogP contribution in [-0.4, -0.2) is 42.1 Å². The largest absolute Gasteiger partial charge is 0.465 e. The lowest BCUT2D eigenvalue weighted by Crippen LogP contribution is -2.35. The number of carbonyl (C=O) groups is 2. The molecule has 5 heteroatoms. The quantitative estimate of drug-likeness (QED) is 0.539. The van der Waals surface area contributed by atoms with Crippen molar-refractivity contribution in [3.8, 4) is 0 Å². The van der Waals surface area contributed by atoms with Gasteiger partial charge in [0.25, 0.3) is 0 Å². The normalized spacial score (nSPS) is 19.4. The minimum Gasteiger partial charge on any atom is -0.465 e. The van der Waals surface area contributed by atoms with Crippen molar-refractivity contribution in [3.05, 3.63) is 71.8 Å². The highest BCUT2D eigenvalue weighted by atomic mass is 16.5. The van der Waals surface area contributed by atoms with Gasteiger partial charge in [-0.1, -0.05) is 60.7 Å². The average Bonchev–Trinajstić information content (AvgIpc) is 3.46. The van der Waals surface area contributed by atoms with Crippen LogP contribution in [0.25, 0.3) is 0 Å². The maximum absolute atomic E-state index is 12.4. The van der Waals surface area contributed by atoms with Gasteiger partial charge < -0.3 is 9.47 Å². The standard InChI is InChI=1S/C21H23NO4/c1-2-25-20(23)18(13-16-9-5-3-6-10-16)22-14-19(22)21(24)26-15-17-11-7-4-8-12-17/h3-12,18-19H,2,13-15H2,1H3/t18-,19+,22?/m1/s1. The lowest BCUT2D eigenvalue weighted by atomic mass is 10.1. The first-order valence-corrected chi connectivity index (χ1v) is 8.86. The second-order valence-corrected chi connectivity index (χ2v) is 6.26. The van der Waals surface area contributed by atoms with Gasteiger partial charge in [0.1, 0.15) is 18.7 Å². The summed E-state index contributed by atoms with van der Waals surface area (Å²) in [5, 5.41) is 0. The number of carbonyl (C=O) groups excluding carboxylic acids is 2. The second-order valence-electron chi connectivity index (χ2n) is 6.26. The Bertz CT molecular complexity index is 732. The van der Waals surface area contributed by atoms with Crippen molar-refractivity contribution >= 4 is 11.9 Å². The average molecular weight is 353 g/mol. The van der Waals surface area contributed by atoms with Crippen LogP contribution in [0, 0.1) is 0 Å². The molecule has 0 spiro atoms. The molecular formula is C21H23NO4. The Balaban J connectivity index is 1.59. The Morgan fingerprint density at radius 2 is 1.62 bits per heavy atom. The van der Waals surface area contributed by atoms with Gasteiger partial charge in [-0.3, -0.25) is 14.5 Å².